The van der Waals surface area contributed by atoms with Crippen LogP contribution in [0.15, 0.2) is 54.6 Å². The maximum absolute atomic E-state index is 12.0. The first-order chi connectivity index (χ1) is 19.1. The molecule has 0 spiro atoms. The Morgan fingerprint density at radius 1 is 1.02 bits per heavy atom. The summed E-state index contributed by atoms with van der Waals surface area (Å²) < 4.78 is 0. The van der Waals surface area contributed by atoms with Gasteiger partial charge in [0.1, 0.15) is 18.1 Å². The molecule has 0 aromatic heterocycles. The molecular formula is C28H38N6O6. The molecule has 8 N–H and O–H groups in total. The Bertz CT molecular complexity index is 1130. The maximum Gasteiger partial charge on any atom is 0.242 e. The van der Waals surface area contributed by atoms with E-state index in [9.17, 15) is 29.1 Å². The van der Waals surface area contributed by atoms with Crippen molar-refractivity contribution in [2.45, 2.75) is 50.4 Å². The summed E-state index contributed by atoms with van der Waals surface area (Å²) in [5, 5.41) is 22.4. The number of benzene rings is 2. The Labute approximate surface area is 233 Å². The Balaban J connectivity index is 0.000000360. The number of carbonyl (C=O) groups excluding carboxylic acids is 5. The van der Waals surface area contributed by atoms with E-state index in [1.807, 2.05) is 37.3 Å². The summed E-state index contributed by atoms with van der Waals surface area (Å²) in [7, 11) is 1.69. The normalized spacial score (nSPS) is 17.3. The van der Waals surface area contributed by atoms with E-state index in [1.54, 1.807) is 19.2 Å². The largest absolute Gasteiger partial charge is 0.508 e. The van der Waals surface area contributed by atoms with Crippen molar-refractivity contribution in [2.24, 2.45) is 5.73 Å². The number of nitrogens with two attached hydrogens (primary N) is 1. The number of amides is 4. The quantitative estimate of drug-likeness (QED) is 0.161. The van der Waals surface area contributed by atoms with E-state index in [1.165, 1.54) is 12.1 Å². The van der Waals surface area contributed by atoms with Gasteiger partial charge in [0.2, 0.25) is 23.6 Å². The predicted molar refractivity (Wildman–Crippen MR) is 149 cm³/mol. The van der Waals surface area contributed by atoms with Crippen LogP contribution in [0.3, 0.4) is 0 Å². The van der Waals surface area contributed by atoms with Gasteiger partial charge in [-0.05, 0) is 56.5 Å². The molecule has 1 aliphatic rings. The first-order valence-electron chi connectivity index (χ1n) is 12.9. The number of rotatable bonds is 12. The lowest BCUT2D eigenvalue weighted by atomic mass is 10.1. The molecule has 216 valence electrons. The minimum Gasteiger partial charge on any atom is -0.508 e. The van der Waals surface area contributed by atoms with Crippen LogP contribution in [-0.4, -0.2) is 79.3 Å². The summed E-state index contributed by atoms with van der Waals surface area (Å²) in [4.78, 5) is 57.5. The topological polar surface area (TPSA) is 192 Å². The van der Waals surface area contributed by atoms with Crippen molar-refractivity contribution in [3.8, 4) is 5.75 Å². The summed E-state index contributed by atoms with van der Waals surface area (Å²) >= 11 is 0. The average Bonchev–Trinajstić information content (AvgIpc) is 3.25. The van der Waals surface area contributed by atoms with Crippen molar-refractivity contribution in [3.05, 3.63) is 65.7 Å². The molecule has 2 aromatic rings. The number of aromatic hydroxyl groups is 1. The van der Waals surface area contributed by atoms with E-state index in [0.717, 1.165) is 11.1 Å². The highest BCUT2D eigenvalue weighted by Gasteiger charge is 2.30. The number of nitrogens with one attached hydrogen (secondary N) is 5. The van der Waals surface area contributed by atoms with E-state index in [2.05, 4.69) is 26.6 Å². The van der Waals surface area contributed by atoms with Crippen molar-refractivity contribution in [1.82, 2.24) is 26.6 Å². The molecule has 3 rings (SSSR count). The molecule has 0 radical (unpaired) electrons. The highest BCUT2D eigenvalue weighted by Crippen LogP contribution is 2.11. The van der Waals surface area contributed by atoms with E-state index in [4.69, 9.17) is 5.73 Å². The highest BCUT2D eigenvalue weighted by atomic mass is 16.3. The minimum absolute atomic E-state index is 0.0862. The third-order valence-electron chi connectivity index (χ3n) is 5.93. The smallest absolute Gasteiger partial charge is 0.242 e. The summed E-state index contributed by atoms with van der Waals surface area (Å²) in [5.41, 5.74) is 7.56. The molecule has 40 heavy (non-hydrogen) atoms. The zero-order valence-electron chi connectivity index (χ0n) is 22.7. The third-order valence-corrected chi connectivity index (χ3v) is 5.93. The number of hydrogen-bond acceptors (Lipinski definition) is 8. The van der Waals surface area contributed by atoms with Gasteiger partial charge in [-0.2, -0.15) is 0 Å². The van der Waals surface area contributed by atoms with Crippen LogP contribution in [0.5, 0.6) is 5.75 Å². The van der Waals surface area contributed by atoms with Gasteiger partial charge in [0.05, 0.1) is 25.2 Å². The van der Waals surface area contributed by atoms with Gasteiger partial charge in [0.25, 0.3) is 0 Å². The van der Waals surface area contributed by atoms with Crippen LogP contribution < -0.4 is 32.3 Å². The van der Waals surface area contributed by atoms with Crippen molar-refractivity contribution < 1.29 is 29.1 Å². The Hall–Kier alpha value is -4.29. The lowest BCUT2D eigenvalue weighted by Crippen LogP contribution is -2.48. The van der Waals surface area contributed by atoms with Gasteiger partial charge in [0, 0.05) is 6.04 Å². The van der Waals surface area contributed by atoms with E-state index in [-0.39, 0.29) is 49.2 Å². The van der Waals surface area contributed by atoms with Gasteiger partial charge in [0.15, 0.2) is 0 Å². The average molecular weight is 555 g/mol. The molecule has 4 atom stereocenters. The standard InChI is InChI=1S/C20H23N3O4.C8H15N3O2/c21-18(11-15-6-8-17(25)9-7-15)20(27)22-12-19(26)23-16(13-24)10-14-4-2-1-3-5-14;1-5-3-6(8(13)10-5)11-7(12)4-9-2/h1-9,13,16,18,25H,10-12,21H2,(H,22,27)(H,23,26);5-6,9H,3-4H2,1-2H3,(H,10,13)(H,11,12). The van der Waals surface area contributed by atoms with Crippen molar-refractivity contribution >= 4 is 29.9 Å². The fourth-order valence-electron chi connectivity index (χ4n) is 3.93. The van der Waals surface area contributed by atoms with E-state index >= 15 is 0 Å². The van der Waals surface area contributed by atoms with Crippen LogP contribution in [0, 0.1) is 0 Å². The second kappa shape index (κ2) is 16.6. The number of phenolic OH excluding ortho intramolecular Hbond substituents is 1. The molecule has 0 bridgehead atoms. The van der Waals surface area contributed by atoms with Gasteiger partial charge in [-0.3, -0.25) is 19.2 Å². The molecule has 1 saturated heterocycles. The second-order valence-electron chi connectivity index (χ2n) is 9.49. The summed E-state index contributed by atoms with van der Waals surface area (Å²) in [5.74, 6) is -1.03. The van der Waals surface area contributed by atoms with E-state index < -0.39 is 23.9 Å². The van der Waals surface area contributed by atoms with Crippen molar-refractivity contribution in [2.75, 3.05) is 20.1 Å². The molecule has 1 heterocycles. The molecule has 1 fully saturated rings. The summed E-state index contributed by atoms with van der Waals surface area (Å²) in [6.45, 7) is 1.90. The third kappa shape index (κ3) is 11.6. The number of hydrogen-bond donors (Lipinski definition) is 7. The molecular weight excluding hydrogens is 516 g/mol. The molecule has 12 nitrogen and oxygen atoms in total. The Morgan fingerprint density at radius 3 is 2.25 bits per heavy atom. The summed E-state index contributed by atoms with van der Waals surface area (Å²) in [6.07, 6.45) is 2.00. The molecule has 0 saturated carbocycles. The van der Waals surface area contributed by atoms with Crippen LogP contribution >= 0.6 is 0 Å². The zero-order valence-corrected chi connectivity index (χ0v) is 22.7. The van der Waals surface area contributed by atoms with Crippen molar-refractivity contribution in [1.29, 1.82) is 0 Å². The highest BCUT2D eigenvalue weighted by molar-refractivity contribution is 5.90. The van der Waals surface area contributed by atoms with Gasteiger partial charge in [-0.1, -0.05) is 42.5 Å². The molecule has 1 aliphatic heterocycles. The second-order valence-corrected chi connectivity index (χ2v) is 9.49. The van der Waals surface area contributed by atoms with Crippen molar-refractivity contribution in [3.63, 3.8) is 0 Å². The fourth-order valence-corrected chi connectivity index (χ4v) is 3.93. The maximum atomic E-state index is 12.0. The van der Waals surface area contributed by atoms with Gasteiger partial charge in [-0.25, -0.2) is 0 Å². The SMILES string of the molecule is CNCC(=O)NC1CC(C)NC1=O.NC(Cc1ccc(O)cc1)C(=O)NCC(=O)NC(C=O)Cc1ccccc1. The van der Waals surface area contributed by atoms with Crippen LogP contribution in [0.25, 0.3) is 0 Å². The number of likely N-dealkylation sites (N-methyl/N-ethyl adjacent to an activating group) is 1. The summed E-state index contributed by atoms with van der Waals surface area (Å²) in [6, 6.07) is 14.0. The predicted octanol–water partition coefficient (Wildman–Crippen LogP) is -1.10. The van der Waals surface area contributed by atoms with Crippen LogP contribution in [0.4, 0.5) is 0 Å². The zero-order chi connectivity index (χ0) is 29.5. The Morgan fingerprint density at radius 2 is 1.68 bits per heavy atom. The molecule has 0 aliphatic carbocycles. The lowest BCUT2D eigenvalue weighted by Gasteiger charge is -2.15. The molecule has 4 unspecified atom stereocenters. The Kier molecular flexibility index (Phi) is 13.3. The van der Waals surface area contributed by atoms with Gasteiger partial charge >= 0.3 is 0 Å². The number of phenols is 1. The first-order valence-corrected chi connectivity index (χ1v) is 12.9. The van der Waals surface area contributed by atoms with Gasteiger partial charge < -0.3 is 42.2 Å². The van der Waals surface area contributed by atoms with Crippen LogP contribution in [-0.2, 0) is 36.8 Å². The minimum atomic E-state index is -0.825. The van der Waals surface area contributed by atoms with E-state index in [0.29, 0.717) is 19.1 Å². The number of carbonyl (C=O) groups is 5. The molecule has 4 amide bonds. The lowest BCUT2D eigenvalue weighted by molar-refractivity contribution is -0.127. The van der Waals surface area contributed by atoms with Crippen LogP contribution in [0.2, 0.25) is 0 Å². The van der Waals surface area contributed by atoms with Gasteiger partial charge in [-0.15, -0.1) is 0 Å². The molecule has 2 aromatic carbocycles. The number of aldehydes is 1. The van der Waals surface area contributed by atoms with Crippen LogP contribution in [0.1, 0.15) is 24.5 Å². The molecule has 12 heteroatoms. The monoisotopic (exact) mass is 554 g/mol. The first kappa shape index (κ1) is 31.9. The fraction of sp³-hybridized carbons (Fsp3) is 0.393.